The van der Waals surface area contributed by atoms with E-state index in [-0.39, 0.29) is 26.0 Å². The van der Waals surface area contributed by atoms with Crippen molar-refractivity contribution >= 4 is 30.5 Å². The summed E-state index contributed by atoms with van der Waals surface area (Å²) in [6.45, 7) is 0.164. The zero-order valence-corrected chi connectivity index (χ0v) is 23.3. The SMILES string of the molecule is C[C@](N)(COP(=O)(O)O)c1nnc(-c2ccc(OCc3cc(-c4ccccc4)c(C(F)(F)F)s3)c(C(F)(F)F)c2)s1. The van der Waals surface area contributed by atoms with Crippen molar-refractivity contribution < 1.29 is 50.0 Å². The minimum Gasteiger partial charge on any atom is -0.487 e. The van der Waals surface area contributed by atoms with Crippen molar-refractivity contribution in [3.05, 3.63) is 74.9 Å². The number of nitrogens with two attached hydrogens (primary N) is 1. The molecule has 4 aromatic rings. The maximum atomic E-state index is 14.0. The average Bonchev–Trinajstić information content (AvgIpc) is 3.54. The molecule has 220 valence electrons. The van der Waals surface area contributed by atoms with Crippen LogP contribution in [0, 0.1) is 0 Å². The summed E-state index contributed by atoms with van der Waals surface area (Å²) in [6, 6.07) is 12.1. The Hall–Kier alpha value is -2.85. The summed E-state index contributed by atoms with van der Waals surface area (Å²) in [4.78, 5) is 17.0. The summed E-state index contributed by atoms with van der Waals surface area (Å²) in [7, 11) is -4.84. The highest BCUT2D eigenvalue weighted by atomic mass is 32.1. The molecule has 0 radical (unpaired) electrons. The van der Waals surface area contributed by atoms with Gasteiger partial charge in [-0.05, 0) is 36.8 Å². The molecule has 2 aromatic carbocycles. The molecule has 0 aliphatic carbocycles. The number of phosphoric ester groups is 1. The Morgan fingerprint density at radius 1 is 0.927 bits per heavy atom. The molecule has 0 unspecified atom stereocenters. The standard InChI is InChI=1S/C24H20F6N3O5PS2/c1-22(31,12-38-39(34,35)36)21-33-32-20(41-21)14-7-8-18(17(9-14)23(25,26)27)37-11-15-10-16(13-5-3-2-4-6-13)19(40-15)24(28,29)30/h2-10H,11-12,31H2,1H3,(H2,34,35,36)/t22-/m0/s1. The lowest BCUT2D eigenvalue weighted by Crippen LogP contribution is -2.37. The molecule has 2 aromatic heterocycles. The minimum absolute atomic E-state index is 0.0121. The maximum Gasteiger partial charge on any atom is 0.469 e. The van der Waals surface area contributed by atoms with Gasteiger partial charge in [-0.15, -0.1) is 21.5 Å². The van der Waals surface area contributed by atoms with Gasteiger partial charge in [0.15, 0.2) is 0 Å². The first-order valence-corrected chi connectivity index (χ1v) is 14.5. The van der Waals surface area contributed by atoms with Gasteiger partial charge in [0, 0.05) is 16.0 Å². The van der Waals surface area contributed by atoms with Crippen LogP contribution in [-0.4, -0.2) is 26.6 Å². The van der Waals surface area contributed by atoms with E-state index in [0.717, 1.165) is 23.5 Å². The van der Waals surface area contributed by atoms with Gasteiger partial charge < -0.3 is 20.3 Å². The summed E-state index contributed by atoms with van der Waals surface area (Å²) in [5.41, 5.74) is 3.49. The van der Waals surface area contributed by atoms with E-state index >= 15 is 0 Å². The molecule has 0 aliphatic heterocycles. The molecule has 1 atom stereocenters. The van der Waals surface area contributed by atoms with Crippen molar-refractivity contribution in [1.82, 2.24) is 10.2 Å². The Morgan fingerprint density at radius 2 is 1.61 bits per heavy atom. The molecule has 2 heterocycles. The van der Waals surface area contributed by atoms with Crippen molar-refractivity contribution in [3.8, 4) is 27.4 Å². The summed E-state index contributed by atoms with van der Waals surface area (Å²) in [5.74, 6) is -0.604. The zero-order chi connectivity index (χ0) is 30.2. The quantitative estimate of drug-likeness (QED) is 0.134. The molecule has 0 amide bonds. The van der Waals surface area contributed by atoms with Crippen LogP contribution in [0.4, 0.5) is 26.3 Å². The number of hydrogen-bond acceptors (Lipinski definition) is 8. The number of ether oxygens (including phenoxy) is 1. The number of nitrogens with zero attached hydrogens (tertiary/aromatic N) is 2. The number of alkyl halides is 6. The van der Waals surface area contributed by atoms with E-state index in [4.69, 9.17) is 20.3 Å². The monoisotopic (exact) mass is 639 g/mol. The second-order valence-electron chi connectivity index (χ2n) is 8.91. The molecule has 0 saturated carbocycles. The van der Waals surface area contributed by atoms with Crippen LogP contribution in [0.5, 0.6) is 5.75 Å². The van der Waals surface area contributed by atoms with Crippen molar-refractivity contribution in [2.24, 2.45) is 5.73 Å². The Kier molecular flexibility index (Phi) is 8.67. The second kappa shape index (κ2) is 11.4. The van der Waals surface area contributed by atoms with E-state index in [9.17, 15) is 30.9 Å². The number of aromatic nitrogens is 2. The van der Waals surface area contributed by atoms with Crippen molar-refractivity contribution in [2.45, 2.75) is 31.4 Å². The topological polar surface area (TPSA) is 128 Å². The predicted molar refractivity (Wildman–Crippen MR) is 139 cm³/mol. The molecule has 0 spiro atoms. The molecule has 41 heavy (non-hydrogen) atoms. The lowest BCUT2D eigenvalue weighted by Gasteiger charge is -2.21. The van der Waals surface area contributed by atoms with Crippen LogP contribution in [0.3, 0.4) is 0 Å². The summed E-state index contributed by atoms with van der Waals surface area (Å²) in [6.07, 6.45) is -9.56. The fourth-order valence-electron chi connectivity index (χ4n) is 3.57. The third-order valence-corrected chi connectivity index (χ3v) is 8.34. The molecule has 0 fully saturated rings. The number of thiophene rings is 1. The number of benzene rings is 2. The van der Waals surface area contributed by atoms with Crippen molar-refractivity contribution in [1.29, 1.82) is 0 Å². The van der Waals surface area contributed by atoms with Gasteiger partial charge in [0.2, 0.25) is 0 Å². The van der Waals surface area contributed by atoms with E-state index < -0.39 is 55.1 Å². The second-order valence-corrected chi connectivity index (χ2v) is 12.3. The van der Waals surface area contributed by atoms with Crippen LogP contribution in [0.2, 0.25) is 0 Å². The number of phosphoric acid groups is 1. The average molecular weight is 640 g/mol. The van der Waals surface area contributed by atoms with Gasteiger partial charge in [0.1, 0.15) is 27.2 Å². The van der Waals surface area contributed by atoms with Crippen LogP contribution in [0.1, 0.15) is 27.2 Å². The van der Waals surface area contributed by atoms with Crippen molar-refractivity contribution in [2.75, 3.05) is 6.61 Å². The molecule has 4 rings (SSSR count). The number of hydrogen-bond donors (Lipinski definition) is 3. The molecule has 0 aliphatic rings. The zero-order valence-electron chi connectivity index (χ0n) is 20.7. The molecular weight excluding hydrogens is 619 g/mol. The molecule has 4 N–H and O–H groups in total. The van der Waals surface area contributed by atoms with Crippen LogP contribution < -0.4 is 10.5 Å². The summed E-state index contributed by atoms with van der Waals surface area (Å²) in [5, 5.41) is 7.71. The predicted octanol–water partition coefficient (Wildman–Crippen LogP) is 6.83. The van der Waals surface area contributed by atoms with Crippen molar-refractivity contribution in [3.63, 3.8) is 0 Å². The van der Waals surface area contributed by atoms with E-state index in [1.54, 1.807) is 18.2 Å². The third-order valence-electron chi connectivity index (χ3n) is 5.47. The van der Waals surface area contributed by atoms with Gasteiger partial charge in [-0.3, -0.25) is 4.52 Å². The van der Waals surface area contributed by atoms with Gasteiger partial charge >= 0.3 is 20.2 Å². The largest absolute Gasteiger partial charge is 0.487 e. The fraction of sp³-hybridized carbons (Fsp3) is 0.250. The number of halogens is 6. The Balaban J connectivity index is 1.59. The molecule has 17 heteroatoms. The lowest BCUT2D eigenvalue weighted by atomic mass is 10.1. The summed E-state index contributed by atoms with van der Waals surface area (Å²) >= 11 is 1.18. The molecular formula is C24H20F6N3O5PS2. The fourth-order valence-corrected chi connectivity index (χ4v) is 5.84. The highest BCUT2D eigenvalue weighted by Gasteiger charge is 2.38. The van der Waals surface area contributed by atoms with Gasteiger partial charge in [-0.1, -0.05) is 41.7 Å². The van der Waals surface area contributed by atoms with Gasteiger partial charge in [0.25, 0.3) is 0 Å². The number of rotatable bonds is 9. The van der Waals surface area contributed by atoms with E-state index in [2.05, 4.69) is 14.7 Å². The van der Waals surface area contributed by atoms with Gasteiger partial charge in [-0.2, -0.15) is 26.3 Å². The Morgan fingerprint density at radius 3 is 2.22 bits per heavy atom. The first-order valence-electron chi connectivity index (χ1n) is 11.4. The first-order chi connectivity index (χ1) is 18.9. The third kappa shape index (κ3) is 7.71. The van der Waals surface area contributed by atoms with Gasteiger partial charge in [0.05, 0.1) is 17.7 Å². The van der Waals surface area contributed by atoms with Crippen LogP contribution in [0.25, 0.3) is 21.7 Å². The summed E-state index contributed by atoms with van der Waals surface area (Å²) < 4.78 is 104. The molecule has 8 nitrogen and oxygen atoms in total. The van der Waals surface area contributed by atoms with E-state index in [1.807, 2.05) is 0 Å². The smallest absolute Gasteiger partial charge is 0.469 e. The molecule has 0 saturated heterocycles. The van der Waals surface area contributed by atoms with Crippen LogP contribution in [-0.2, 0) is 33.6 Å². The Labute approximate surface area is 236 Å². The first kappa shape index (κ1) is 31.1. The minimum atomic E-state index is -4.89. The van der Waals surface area contributed by atoms with Gasteiger partial charge in [-0.25, -0.2) is 4.57 Å². The Bertz CT molecular complexity index is 1570. The lowest BCUT2D eigenvalue weighted by molar-refractivity contribution is -0.139. The van der Waals surface area contributed by atoms with Crippen LogP contribution in [0.15, 0.2) is 54.6 Å². The highest BCUT2D eigenvalue weighted by Crippen LogP contribution is 2.44. The van der Waals surface area contributed by atoms with E-state index in [0.29, 0.717) is 16.9 Å². The molecule has 0 bridgehead atoms. The van der Waals surface area contributed by atoms with E-state index in [1.165, 1.54) is 31.2 Å². The van der Waals surface area contributed by atoms with Crippen LogP contribution >= 0.6 is 30.5 Å². The maximum absolute atomic E-state index is 14.0. The normalized spacial score (nSPS) is 14.2. The highest BCUT2D eigenvalue weighted by molar-refractivity contribution is 7.46.